The summed E-state index contributed by atoms with van der Waals surface area (Å²) in [4.78, 5) is 34.9. The molecule has 2 aromatic carbocycles. The largest absolute Gasteiger partial charge is 0.493 e. The highest BCUT2D eigenvalue weighted by Gasteiger charge is 2.12. The first-order valence-corrected chi connectivity index (χ1v) is 8.75. The van der Waals surface area contributed by atoms with Crippen molar-refractivity contribution in [2.45, 2.75) is 13.5 Å². The lowest BCUT2D eigenvalue weighted by Gasteiger charge is -2.11. The molecule has 2 rings (SSSR count). The maximum atomic E-state index is 11.8. The van der Waals surface area contributed by atoms with E-state index < -0.39 is 25.1 Å². The molecule has 7 nitrogen and oxygen atoms in total. The second-order valence-corrected chi connectivity index (χ2v) is 6.21. The molecule has 1 amide bonds. The van der Waals surface area contributed by atoms with Crippen LogP contribution in [0.25, 0.3) is 0 Å². The zero-order chi connectivity index (χ0) is 20.5. The van der Waals surface area contributed by atoms with Crippen molar-refractivity contribution in [3.63, 3.8) is 0 Å². The third-order valence-electron chi connectivity index (χ3n) is 3.68. The van der Waals surface area contributed by atoms with Crippen molar-refractivity contribution >= 4 is 29.3 Å². The zero-order valence-electron chi connectivity index (χ0n) is 15.5. The number of esters is 1. The number of hydrogen-bond donors (Lipinski definition) is 1. The van der Waals surface area contributed by atoms with Crippen LogP contribution >= 0.6 is 11.6 Å². The highest BCUT2D eigenvalue weighted by atomic mass is 35.5. The van der Waals surface area contributed by atoms with Gasteiger partial charge in [0.25, 0.3) is 5.91 Å². The molecule has 0 fully saturated rings. The molecule has 2 aromatic rings. The summed E-state index contributed by atoms with van der Waals surface area (Å²) >= 11 is 5.79. The molecular formula is C20H20ClNO6. The van der Waals surface area contributed by atoms with Crippen LogP contribution in [-0.4, -0.2) is 38.0 Å². The van der Waals surface area contributed by atoms with Gasteiger partial charge in [-0.1, -0.05) is 23.7 Å². The summed E-state index contributed by atoms with van der Waals surface area (Å²) in [6.07, 6.45) is 0. The van der Waals surface area contributed by atoms with Gasteiger partial charge in [0.1, 0.15) is 0 Å². The van der Waals surface area contributed by atoms with E-state index in [9.17, 15) is 14.4 Å². The lowest BCUT2D eigenvalue weighted by Crippen LogP contribution is -2.29. The molecular weight excluding hydrogens is 386 g/mol. The monoisotopic (exact) mass is 405 g/mol. The molecule has 0 unspecified atom stereocenters. The molecule has 0 spiro atoms. The van der Waals surface area contributed by atoms with E-state index in [1.165, 1.54) is 26.2 Å². The smallest absolute Gasteiger partial charge is 0.344 e. The highest BCUT2D eigenvalue weighted by molar-refractivity contribution is 6.30. The predicted octanol–water partition coefficient (Wildman–Crippen LogP) is 2.79. The number of ether oxygens (including phenoxy) is 3. The Balaban J connectivity index is 1.75. The van der Waals surface area contributed by atoms with Crippen molar-refractivity contribution < 1.29 is 28.6 Å². The highest BCUT2D eigenvalue weighted by Crippen LogP contribution is 2.28. The Labute approximate surface area is 167 Å². The van der Waals surface area contributed by atoms with Gasteiger partial charge >= 0.3 is 5.97 Å². The fraction of sp³-hybridized carbons (Fsp3) is 0.250. The summed E-state index contributed by atoms with van der Waals surface area (Å²) in [7, 11) is 1.43. The molecule has 0 saturated carbocycles. The van der Waals surface area contributed by atoms with Gasteiger partial charge in [-0.25, -0.2) is 4.79 Å². The van der Waals surface area contributed by atoms with Crippen molar-refractivity contribution in [1.29, 1.82) is 0 Å². The first kappa shape index (κ1) is 21.2. The van der Waals surface area contributed by atoms with Gasteiger partial charge in [-0.05, 0) is 42.8 Å². The van der Waals surface area contributed by atoms with Crippen LogP contribution in [0.2, 0.25) is 5.02 Å². The number of benzene rings is 2. The number of ketones is 1. The van der Waals surface area contributed by atoms with Gasteiger partial charge < -0.3 is 19.5 Å². The lowest BCUT2D eigenvalue weighted by molar-refractivity contribution is -0.150. The molecule has 0 saturated heterocycles. The van der Waals surface area contributed by atoms with E-state index in [1.54, 1.807) is 30.3 Å². The van der Waals surface area contributed by atoms with Crippen molar-refractivity contribution in [1.82, 2.24) is 5.32 Å². The Morgan fingerprint density at radius 3 is 2.36 bits per heavy atom. The molecule has 8 heteroatoms. The fourth-order valence-electron chi connectivity index (χ4n) is 2.18. The zero-order valence-corrected chi connectivity index (χ0v) is 16.2. The van der Waals surface area contributed by atoms with E-state index >= 15 is 0 Å². The summed E-state index contributed by atoms with van der Waals surface area (Å²) in [5.74, 6) is -0.655. The van der Waals surface area contributed by atoms with E-state index in [-0.39, 0.29) is 11.5 Å². The number of carbonyl (C=O) groups excluding carboxylic acids is 3. The maximum Gasteiger partial charge on any atom is 0.344 e. The van der Waals surface area contributed by atoms with Crippen LogP contribution < -0.4 is 14.8 Å². The molecule has 148 valence electrons. The van der Waals surface area contributed by atoms with Gasteiger partial charge in [0, 0.05) is 17.1 Å². The fourth-order valence-corrected chi connectivity index (χ4v) is 2.31. The minimum absolute atomic E-state index is 0.117. The molecule has 0 heterocycles. The molecule has 28 heavy (non-hydrogen) atoms. The van der Waals surface area contributed by atoms with E-state index in [0.29, 0.717) is 22.9 Å². The van der Waals surface area contributed by atoms with Crippen molar-refractivity contribution in [3.05, 3.63) is 58.6 Å². The summed E-state index contributed by atoms with van der Waals surface area (Å²) in [5, 5.41) is 3.24. The molecule has 0 aliphatic heterocycles. The van der Waals surface area contributed by atoms with Crippen LogP contribution in [0.15, 0.2) is 42.5 Å². The number of halogens is 1. The maximum absolute atomic E-state index is 11.8. The van der Waals surface area contributed by atoms with Crippen LogP contribution in [0.5, 0.6) is 11.5 Å². The first-order chi connectivity index (χ1) is 13.4. The number of amides is 1. The van der Waals surface area contributed by atoms with Crippen LogP contribution in [0.4, 0.5) is 0 Å². The number of rotatable bonds is 9. The van der Waals surface area contributed by atoms with Crippen LogP contribution in [0, 0.1) is 0 Å². The minimum Gasteiger partial charge on any atom is -0.493 e. The topological polar surface area (TPSA) is 90.9 Å². The van der Waals surface area contributed by atoms with Crippen molar-refractivity contribution in [2.75, 3.05) is 20.3 Å². The third kappa shape index (κ3) is 6.59. The van der Waals surface area contributed by atoms with Gasteiger partial charge in [-0.2, -0.15) is 0 Å². The van der Waals surface area contributed by atoms with Crippen molar-refractivity contribution in [2.24, 2.45) is 0 Å². The Bertz CT molecular complexity index is 850. The molecule has 0 atom stereocenters. The van der Waals surface area contributed by atoms with Crippen LogP contribution in [0.3, 0.4) is 0 Å². The third-order valence-corrected chi connectivity index (χ3v) is 3.93. The molecule has 0 aliphatic carbocycles. The summed E-state index contributed by atoms with van der Waals surface area (Å²) < 4.78 is 15.4. The molecule has 0 radical (unpaired) electrons. The van der Waals surface area contributed by atoms with Crippen molar-refractivity contribution in [3.8, 4) is 11.5 Å². The molecule has 0 aliphatic rings. The van der Waals surface area contributed by atoms with E-state index in [2.05, 4.69) is 5.32 Å². The van der Waals surface area contributed by atoms with E-state index in [4.69, 9.17) is 25.8 Å². The number of carbonyl (C=O) groups is 3. The number of Topliss-reactive ketones (excluding diaryl/α,β-unsaturated/α-hetero) is 1. The van der Waals surface area contributed by atoms with Gasteiger partial charge in [0.15, 0.2) is 30.5 Å². The average Bonchev–Trinajstić information content (AvgIpc) is 2.69. The first-order valence-electron chi connectivity index (χ1n) is 8.37. The Kier molecular flexibility index (Phi) is 7.83. The SMILES string of the molecule is COc1cc(C(C)=O)ccc1OCC(=O)OCC(=O)NCc1ccc(Cl)cc1. The Hall–Kier alpha value is -3.06. The summed E-state index contributed by atoms with van der Waals surface area (Å²) in [5.41, 5.74) is 1.33. The van der Waals surface area contributed by atoms with Crippen LogP contribution in [0.1, 0.15) is 22.8 Å². The molecule has 0 bridgehead atoms. The van der Waals surface area contributed by atoms with Gasteiger partial charge in [0.05, 0.1) is 7.11 Å². The van der Waals surface area contributed by atoms with Gasteiger partial charge in [-0.15, -0.1) is 0 Å². The average molecular weight is 406 g/mol. The number of methoxy groups -OCH3 is 1. The molecule has 0 aromatic heterocycles. The predicted molar refractivity (Wildman–Crippen MR) is 103 cm³/mol. The second-order valence-electron chi connectivity index (χ2n) is 5.77. The summed E-state index contributed by atoms with van der Waals surface area (Å²) in [6.45, 7) is 0.908. The van der Waals surface area contributed by atoms with Gasteiger partial charge in [0.2, 0.25) is 0 Å². The second kappa shape index (κ2) is 10.3. The van der Waals surface area contributed by atoms with E-state index in [0.717, 1.165) is 5.56 Å². The normalized spacial score (nSPS) is 10.1. The lowest BCUT2D eigenvalue weighted by atomic mass is 10.1. The Morgan fingerprint density at radius 1 is 1.00 bits per heavy atom. The minimum atomic E-state index is -0.709. The standard InChI is InChI=1S/C20H20ClNO6/c1-13(23)15-5-8-17(18(9-15)26-2)27-12-20(25)28-11-19(24)22-10-14-3-6-16(21)7-4-14/h3-9H,10-12H2,1-2H3,(H,22,24). The quantitative estimate of drug-likeness (QED) is 0.509. The summed E-state index contributed by atoms with van der Waals surface area (Å²) in [6, 6.07) is 11.6. The Morgan fingerprint density at radius 2 is 1.71 bits per heavy atom. The molecule has 1 N–H and O–H groups in total. The number of nitrogens with one attached hydrogen (secondary N) is 1. The van der Waals surface area contributed by atoms with E-state index in [1.807, 2.05) is 0 Å². The van der Waals surface area contributed by atoms with Gasteiger partial charge in [-0.3, -0.25) is 9.59 Å². The number of hydrogen-bond acceptors (Lipinski definition) is 6. The van der Waals surface area contributed by atoms with Crippen LogP contribution in [-0.2, 0) is 20.9 Å².